The molecule has 43 heavy (non-hydrogen) atoms. The molecule has 4 aromatic carbocycles. The molecular weight excluding hydrogens is 540 g/mol. The number of rotatable bonds is 12. The molecule has 0 bridgehead atoms. The van der Waals surface area contributed by atoms with E-state index in [0.717, 1.165) is 22.3 Å². The van der Waals surface area contributed by atoms with E-state index in [1.165, 1.54) is 0 Å². The molecule has 0 radical (unpaired) electrons. The Balaban J connectivity index is 1.34. The van der Waals surface area contributed by atoms with Crippen molar-refractivity contribution in [3.8, 4) is 0 Å². The maximum atomic E-state index is 6.76. The minimum absolute atomic E-state index is 0.398. The maximum absolute atomic E-state index is 6.76. The first kappa shape index (κ1) is 29.7. The standard InChI is InChI=1S/C37H40O6/c1-37(2)42-35-33(40-25-29-19-11-5-12-20-29)31(38-23-27-15-7-3-8-16-27)32(39-24-28-17-9-4-10-18-28)34(36(35)43-37)41-26-30-21-13-6-14-22-30/h3-22,31-36H,23-26H2,1-2H3/t31-,32-,33+,34+,35-,36+/m0/s1. The van der Waals surface area contributed by atoms with E-state index in [2.05, 4.69) is 48.5 Å². The Kier molecular flexibility index (Phi) is 9.64. The van der Waals surface area contributed by atoms with Crippen LogP contribution in [0.15, 0.2) is 121 Å². The number of hydrogen-bond donors (Lipinski definition) is 0. The molecule has 0 spiro atoms. The monoisotopic (exact) mass is 580 g/mol. The molecule has 6 heteroatoms. The molecule has 0 amide bonds. The van der Waals surface area contributed by atoms with Crippen LogP contribution in [-0.4, -0.2) is 42.4 Å². The van der Waals surface area contributed by atoms with E-state index in [1.807, 2.05) is 86.6 Å². The Labute approximate surface area is 254 Å². The van der Waals surface area contributed by atoms with Crippen LogP contribution in [0.5, 0.6) is 0 Å². The second-order valence-electron chi connectivity index (χ2n) is 11.6. The first-order valence-electron chi connectivity index (χ1n) is 15.0. The molecule has 0 aromatic heterocycles. The number of benzene rings is 4. The van der Waals surface area contributed by atoms with Crippen LogP contribution in [0.25, 0.3) is 0 Å². The van der Waals surface area contributed by atoms with Gasteiger partial charge in [-0.25, -0.2) is 0 Å². The summed E-state index contributed by atoms with van der Waals surface area (Å²) in [6.45, 7) is 5.49. The lowest BCUT2D eigenvalue weighted by Gasteiger charge is -2.46. The highest BCUT2D eigenvalue weighted by Crippen LogP contribution is 2.42. The fourth-order valence-electron chi connectivity index (χ4n) is 5.90. The molecule has 1 aliphatic heterocycles. The average molecular weight is 581 g/mol. The molecule has 6 atom stereocenters. The van der Waals surface area contributed by atoms with Crippen molar-refractivity contribution in [3.05, 3.63) is 144 Å². The van der Waals surface area contributed by atoms with Gasteiger partial charge in [-0.05, 0) is 36.1 Å². The molecule has 1 aliphatic carbocycles. The van der Waals surface area contributed by atoms with Crippen molar-refractivity contribution in [1.29, 1.82) is 0 Å². The fourth-order valence-corrected chi connectivity index (χ4v) is 5.90. The normalized spacial score (nSPS) is 26.2. The summed E-state index contributed by atoms with van der Waals surface area (Å²) in [7, 11) is 0. The fraction of sp³-hybridized carbons (Fsp3) is 0.351. The third-order valence-electron chi connectivity index (χ3n) is 7.92. The van der Waals surface area contributed by atoms with E-state index in [9.17, 15) is 0 Å². The van der Waals surface area contributed by atoms with Gasteiger partial charge < -0.3 is 28.4 Å². The summed E-state index contributed by atoms with van der Waals surface area (Å²) in [4.78, 5) is 0. The van der Waals surface area contributed by atoms with E-state index in [0.29, 0.717) is 26.4 Å². The second-order valence-corrected chi connectivity index (χ2v) is 11.6. The van der Waals surface area contributed by atoms with Gasteiger partial charge in [0.25, 0.3) is 0 Å². The molecule has 2 aliphatic rings. The van der Waals surface area contributed by atoms with Crippen molar-refractivity contribution in [3.63, 3.8) is 0 Å². The number of fused-ring (bicyclic) bond motifs is 1. The molecule has 6 rings (SSSR count). The molecule has 1 saturated heterocycles. The van der Waals surface area contributed by atoms with Crippen LogP contribution in [0.3, 0.4) is 0 Å². The summed E-state index contributed by atoms with van der Waals surface area (Å²) in [6, 6.07) is 40.7. The van der Waals surface area contributed by atoms with Gasteiger partial charge in [-0.2, -0.15) is 0 Å². The van der Waals surface area contributed by atoms with E-state index in [1.54, 1.807) is 0 Å². The van der Waals surface area contributed by atoms with Gasteiger partial charge in [-0.1, -0.05) is 121 Å². The van der Waals surface area contributed by atoms with Crippen molar-refractivity contribution in [2.75, 3.05) is 0 Å². The van der Waals surface area contributed by atoms with Gasteiger partial charge in [-0.3, -0.25) is 0 Å². The van der Waals surface area contributed by atoms with E-state index in [4.69, 9.17) is 28.4 Å². The Morgan fingerprint density at radius 2 is 0.674 bits per heavy atom. The van der Waals surface area contributed by atoms with E-state index < -0.39 is 42.4 Å². The maximum Gasteiger partial charge on any atom is 0.164 e. The lowest BCUT2D eigenvalue weighted by Crippen LogP contribution is -2.65. The van der Waals surface area contributed by atoms with Crippen LogP contribution in [0.1, 0.15) is 36.1 Å². The van der Waals surface area contributed by atoms with Gasteiger partial charge in [0.2, 0.25) is 0 Å². The van der Waals surface area contributed by atoms with E-state index in [-0.39, 0.29) is 0 Å². The first-order valence-corrected chi connectivity index (χ1v) is 15.0. The largest absolute Gasteiger partial charge is 0.368 e. The minimum atomic E-state index is -0.823. The topological polar surface area (TPSA) is 55.4 Å². The zero-order valence-electron chi connectivity index (χ0n) is 24.8. The van der Waals surface area contributed by atoms with Gasteiger partial charge >= 0.3 is 0 Å². The zero-order chi connectivity index (χ0) is 29.5. The highest BCUT2D eigenvalue weighted by atomic mass is 16.8. The quantitative estimate of drug-likeness (QED) is 0.183. The predicted molar refractivity (Wildman–Crippen MR) is 164 cm³/mol. The molecule has 6 nitrogen and oxygen atoms in total. The van der Waals surface area contributed by atoms with E-state index >= 15 is 0 Å². The molecule has 0 N–H and O–H groups in total. The number of ether oxygens (including phenoxy) is 6. The Morgan fingerprint density at radius 3 is 0.953 bits per heavy atom. The molecule has 224 valence electrons. The van der Waals surface area contributed by atoms with Gasteiger partial charge in [0.15, 0.2) is 5.79 Å². The van der Waals surface area contributed by atoms with Crippen molar-refractivity contribution in [1.82, 2.24) is 0 Å². The summed E-state index contributed by atoms with van der Waals surface area (Å²) >= 11 is 0. The second kappa shape index (κ2) is 14.0. The Bertz CT molecular complexity index is 1280. The summed E-state index contributed by atoms with van der Waals surface area (Å²) < 4.78 is 40.1. The zero-order valence-corrected chi connectivity index (χ0v) is 24.8. The number of hydrogen-bond acceptors (Lipinski definition) is 6. The lowest BCUT2D eigenvalue weighted by molar-refractivity contribution is -0.252. The molecule has 2 fully saturated rings. The van der Waals surface area contributed by atoms with Crippen molar-refractivity contribution < 1.29 is 28.4 Å². The van der Waals surface area contributed by atoms with Crippen molar-refractivity contribution in [2.45, 2.75) is 82.7 Å². The van der Waals surface area contributed by atoms with Gasteiger partial charge in [0.1, 0.15) is 36.6 Å². The highest BCUT2D eigenvalue weighted by Gasteiger charge is 2.60. The summed E-state index contributed by atoms with van der Waals surface area (Å²) in [5.41, 5.74) is 4.28. The van der Waals surface area contributed by atoms with Crippen LogP contribution in [-0.2, 0) is 54.8 Å². The average Bonchev–Trinajstić information content (AvgIpc) is 3.37. The molecular formula is C37H40O6. The highest BCUT2D eigenvalue weighted by molar-refractivity contribution is 5.18. The van der Waals surface area contributed by atoms with Crippen LogP contribution in [0.2, 0.25) is 0 Å². The van der Waals surface area contributed by atoms with Crippen molar-refractivity contribution >= 4 is 0 Å². The third kappa shape index (κ3) is 7.60. The smallest absolute Gasteiger partial charge is 0.164 e. The minimum Gasteiger partial charge on any atom is -0.368 e. The predicted octanol–water partition coefficient (Wildman–Crippen LogP) is 6.86. The molecule has 1 saturated carbocycles. The van der Waals surface area contributed by atoms with Crippen molar-refractivity contribution in [2.24, 2.45) is 0 Å². The van der Waals surface area contributed by atoms with Gasteiger partial charge in [0, 0.05) is 0 Å². The summed E-state index contributed by atoms with van der Waals surface area (Å²) in [5, 5.41) is 0. The van der Waals surface area contributed by atoms with Crippen LogP contribution >= 0.6 is 0 Å². The molecule has 4 aromatic rings. The van der Waals surface area contributed by atoms with Crippen LogP contribution in [0.4, 0.5) is 0 Å². The molecule has 1 heterocycles. The van der Waals surface area contributed by atoms with Gasteiger partial charge in [0.05, 0.1) is 26.4 Å². The van der Waals surface area contributed by atoms with Gasteiger partial charge in [-0.15, -0.1) is 0 Å². The SMILES string of the molecule is CC1(C)O[C@@H]2[C@H](OCc3ccccc3)[C@@H](OCc3ccccc3)[C@H](OCc3ccccc3)[C@@H](OCc3ccccc3)[C@@H]2O1. The third-order valence-corrected chi connectivity index (χ3v) is 7.92. The Hall–Kier alpha value is -3.36. The van der Waals surface area contributed by atoms with Crippen LogP contribution in [0, 0.1) is 0 Å². The Morgan fingerprint density at radius 1 is 0.419 bits per heavy atom. The lowest BCUT2D eigenvalue weighted by atomic mass is 9.84. The molecule has 0 unspecified atom stereocenters. The summed E-state index contributed by atoms with van der Waals surface area (Å²) in [6.07, 6.45) is -2.76. The first-order chi connectivity index (χ1) is 21.1. The summed E-state index contributed by atoms with van der Waals surface area (Å²) in [5.74, 6) is -0.823. The van der Waals surface area contributed by atoms with Crippen LogP contribution < -0.4 is 0 Å².